The van der Waals surface area contributed by atoms with Gasteiger partial charge in [-0.3, -0.25) is 0 Å². The topological polar surface area (TPSA) is 70.6 Å². The van der Waals surface area contributed by atoms with Crippen LogP contribution in [0.3, 0.4) is 0 Å². The van der Waals surface area contributed by atoms with E-state index in [1.165, 1.54) is 0 Å². The molecule has 0 aliphatic carbocycles. The highest BCUT2D eigenvalue weighted by Gasteiger charge is 2.11. The molecule has 1 unspecified atom stereocenters. The molecule has 0 radical (unpaired) electrons. The fraction of sp³-hybridized carbons (Fsp3) is 0.588. The number of hydrogen-bond acceptors (Lipinski definition) is 3. The summed E-state index contributed by atoms with van der Waals surface area (Å²) in [7, 11) is 1.59. The Morgan fingerprint density at radius 3 is 2.41 bits per heavy atom. The van der Waals surface area contributed by atoms with Crippen LogP contribution >= 0.6 is 0 Å². The van der Waals surface area contributed by atoms with Gasteiger partial charge >= 0.3 is 6.03 Å². The van der Waals surface area contributed by atoms with Gasteiger partial charge in [0.1, 0.15) is 5.75 Å². The second kappa shape index (κ2) is 8.63. The number of carbonyl (C=O) groups is 1. The quantitative estimate of drug-likeness (QED) is 0.678. The first-order valence-corrected chi connectivity index (χ1v) is 7.65. The lowest BCUT2D eigenvalue weighted by molar-refractivity contribution is 0.173. The fourth-order valence-electron chi connectivity index (χ4n) is 2.02. The lowest BCUT2D eigenvalue weighted by atomic mass is 9.91. The molecule has 3 N–H and O–H groups in total. The molecular formula is C17H28N2O3. The SMILES string of the molecule is COc1ccc(C(O)CNC(=O)NCCCC(C)(C)C)cc1. The summed E-state index contributed by atoms with van der Waals surface area (Å²) in [6, 6.07) is 6.89. The smallest absolute Gasteiger partial charge is 0.314 e. The molecule has 124 valence electrons. The molecular weight excluding hydrogens is 280 g/mol. The number of aliphatic hydroxyl groups excluding tert-OH is 1. The highest BCUT2D eigenvalue weighted by atomic mass is 16.5. The van der Waals surface area contributed by atoms with Crippen LogP contribution in [0.15, 0.2) is 24.3 Å². The zero-order chi connectivity index (χ0) is 16.6. The molecule has 0 fully saturated rings. The summed E-state index contributed by atoms with van der Waals surface area (Å²) < 4.78 is 5.06. The monoisotopic (exact) mass is 308 g/mol. The van der Waals surface area contributed by atoms with E-state index in [9.17, 15) is 9.90 Å². The number of carbonyl (C=O) groups excluding carboxylic acids is 1. The summed E-state index contributed by atoms with van der Waals surface area (Å²) >= 11 is 0. The molecule has 0 spiro atoms. The average molecular weight is 308 g/mol. The van der Waals surface area contributed by atoms with Crippen LogP contribution in [-0.4, -0.2) is 31.3 Å². The van der Waals surface area contributed by atoms with E-state index in [2.05, 4.69) is 31.4 Å². The molecule has 1 atom stereocenters. The van der Waals surface area contributed by atoms with Crippen LogP contribution < -0.4 is 15.4 Å². The maximum absolute atomic E-state index is 11.7. The third-order valence-corrected chi connectivity index (χ3v) is 3.35. The Bertz CT molecular complexity index is 452. The summed E-state index contributed by atoms with van der Waals surface area (Å²) in [4.78, 5) is 11.7. The number of benzene rings is 1. The van der Waals surface area contributed by atoms with Crippen LogP contribution in [0.2, 0.25) is 0 Å². The largest absolute Gasteiger partial charge is 0.497 e. The predicted octanol–water partition coefficient (Wildman–Crippen LogP) is 2.85. The number of methoxy groups -OCH3 is 1. The van der Waals surface area contributed by atoms with E-state index in [1.54, 1.807) is 31.4 Å². The van der Waals surface area contributed by atoms with E-state index in [1.807, 2.05) is 0 Å². The Balaban J connectivity index is 2.25. The van der Waals surface area contributed by atoms with Crippen LogP contribution in [0.1, 0.15) is 45.3 Å². The molecule has 1 rings (SSSR count). The van der Waals surface area contributed by atoms with Crippen molar-refractivity contribution in [1.82, 2.24) is 10.6 Å². The number of ether oxygens (including phenoxy) is 1. The average Bonchev–Trinajstić information content (AvgIpc) is 2.48. The van der Waals surface area contributed by atoms with Gasteiger partial charge < -0.3 is 20.5 Å². The molecule has 1 aromatic rings. The molecule has 0 aromatic heterocycles. The molecule has 0 bridgehead atoms. The van der Waals surface area contributed by atoms with E-state index in [4.69, 9.17) is 4.74 Å². The van der Waals surface area contributed by atoms with Crippen molar-refractivity contribution in [2.45, 2.75) is 39.7 Å². The summed E-state index contributed by atoms with van der Waals surface area (Å²) in [6.45, 7) is 7.36. The molecule has 0 heterocycles. The van der Waals surface area contributed by atoms with Crippen molar-refractivity contribution in [3.05, 3.63) is 29.8 Å². The first-order chi connectivity index (χ1) is 10.3. The molecule has 5 heteroatoms. The Morgan fingerprint density at radius 1 is 1.23 bits per heavy atom. The van der Waals surface area contributed by atoms with Gasteiger partial charge in [0.25, 0.3) is 0 Å². The first-order valence-electron chi connectivity index (χ1n) is 7.65. The van der Waals surface area contributed by atoms with Crippen molar-refractivity contribution >= 4 is 6.03 Å². The number of amides is 2. The number of urea groups is 1. The maximum atomic E-state index is 11.7. The second-order valence-corrected chi connectivity index (χ2v) is 6.59. The molecule has 1 aromatic carbocycles. The van der Waals surface area contributed by atoms with E-state index in [0.717, 1.165) is 24.2 Å². The minimum absolute atomic E-state index is 0.178. The van der Waals surface area contributed by atoms with E-state index >= 15 is 0 Å². The minimum atomic E-state index is -0.730. The second-order valence-electron chi connectivity index (χ2n) is 6.59. The van der Waals surface area contributed by atoms with Gasteiger partial charge in [0, 0.05) is 13.1 Å². The lowest BCUT2D eigenvalue weighted by Crippen LogP contribution is -2.38. The predicted molar refractivity (Wildman–Crippen MR) is 88.0 cm³/mol. The van der Waals surface area contributed by atoms with Gasteiger partial charge in [-0.1, -0.05) is 32.9 Å². The molecule has 0 saturated heterocycles. The van der Waals surface area contributed by atoms with Crippen LogP contribution in [0, 0.1) is 5.41 Å². The molecule has 0 aliphatic rings. The number of rotatable bonds is 7. The molecule has 5 nitrogen and oxygen atoms in total. The third-order valence-electron chi connectivity index (χ3n) is 3.35. The summed E-state index contributed by atoms with van der Waals surface area (Å²) in [5, 5.41) is 15.5. The minimum Gasteiger partial charge on any atom is -0.497 e. The third kappa shape index (κ3) is 7.31. The highest BCUT2D eigenvalue weighted by molar-refractivity contribution is 5.73. The standard InChI is InChI=1S/C17H28N2O3/c1-17(2,3)10-5-11-18-16(21)19-12-15(20)13-6-8-14(22-4)9-7-13/h6-9,15,20H,5,10-12H2,1-4H3,(H2,18,19,21). The summed E-state index contributed by atoms with van der Waals surface area (Å²) in [5.41, 5.74) is 1.02. The lowest BCUT2D eigenvalue weighted by Gasteiger charge is -2.18. The normalized spacial score (nSPS) is 12.6. The van der Waals surface area contributed by atoms with Crippen molar-refractivity contribution in [1.29, 1.82) is 0 Å². The van der Waals surface area contributed by atoms with Crippen molar-refractivity contribution in [2.75, 3.05) is 20.2 Å². The van der Waals surface area contributed by atoms with Gasteiger partial charge in [0.05, 0.1) is 13.2 Å². The van der Waals surface area contributed by atoms with E-state index in [-0.39, 0.29) is 18.0 Å². The Labute approximate surface area is 133 Å². The van der Waals surface area contributed by atoms with Gasteiger partial charge in [-0.25, -0.2) is 4.79 Å². The fourth-order valence-corrected chi connectivity index (χ4v) is 2.02. The summed E-state index contributed by atoms with van der Waals surface area (Å²) in [6.07, 6.45) is 1.27. The van der Waals surface area contributed by atoms with Crippen LogP contribution in [0.5, 0.6) is 5.75 Å². The van der Waals surface area contributed by atoms with Crippen molar-refractivity contribution in [3.8, 4) is 5.75 Å². The molecule has 22 heavy (non-hydrogen) atoms. The maximum Gasteiger partial charge on any atom is 0.314 e. The zero-order valence-electron chi connectivity index (χ0n) is 14.0. The molecule has 0 aliphatic heterocycles. The molecule has 2 amide bonds. The number of aliphatic hydroxyl groups is 1. The zero-order valence-corrected chi connectivity index (χ0v) is 14.0. The van der Waals surface area contributed by atoms with Gasteiger partial charge in [-0.05, 0) is 36.0 Å². The summed E-state index contributed by atoms with van der Waals surface area (Å²) in [5.74, 6) is 0.737. The Hall–Kier alpha value is -1.75. The van der Waals surface area contributed by atoms with Gasteiger partial charge in [0.2, 0.25) is 0 Å². The van der Waals surface area contributed by atoms with Gasteiger partial charge in [0.15, 0.2) is 0 Å². The van der Waals surface area contributed by atoms with Crippen LogP contribution in [0.4, 0.5) is 4.79 Å². The highest BCUT2D eigenvalue weighted by Crippen LogP contribution is 2.19. The Kier molecular flexibility index (Phi) is 7.18. The first kappa shape index (κ1) is 18.3. The van der Waals surface area contributed by atoms with Crippen molar-refractivity contribution in [2.24, 2.45) is 5.41 Å². The van der Waals surface area contributed by atoms with Crippen LogP contribution in [0.25, 0.3) is 0 Å². The number of hydrogen-bond donors (Lipinski definition) is 3. The van der Waals surface area contributed by atoms with Gasteiger partial charge in [-0.2, -0.15) is 0 Å². The van der Waals surface area contributed by atoms with Crippen molar-refractivity contribution in [3.63, 3.8) is 0 Å². The number of nitrogens with one attached hydrogen (secondary N) is 2. The van der Waals surface area contributed by atoms with E-state index < -0.39 is 6.10 Å². The van der Waals surface area contributed by atoms with Crippen LogP contribution in [-0.2, 0) is 0 Å². The Morgan fingerprint density at radius 2 is 1.86 bits per heavy atom. The molecule has 0 saturated carbocycles. The van der Waals surface area contributed by atoms with Gasteiger partial charge in [-0.15, -0.1) is 0 Å². The van der Waals surface area contributed by atoms with E-state index in [0.29, 0.717) is 6.54 Å². The van der Waals surface area contributed by atoms with Crippen molar-refractivity contribution < 1.29 is 14.6 Å².